The van der Waals surface area contributed by atoms with Crippen molar-refractivity contribution >= 4 is 36.4 Å². The molecule has 3 heterocycles. The first-order chi connectivity index (χ1) is 20.7. The number of ether oxygens (including phenoxy) is 3. The molecule has 3 aliphatic heterocycles. The second-order valence-corrected chi connectivity index (χ2v) is 12.6. The molecule has 1 atom stereocenters. The highest BCUT2D eigenvalue weighted by Crippen LogP contribution is 2.49. The molecule has 0 amide bonds. The Bertz CT molecular complexity index is 1370. The van der Waals surface area contributed by atoms with Crippen LogP contribution in [-0.4, -0.2) is 73.9 Å². The summed E-state index contributed by atoms with van der Waals surface area (Å²) in [5.74, 6) is 3.92. The van der Waals surface area contributed by atoms with Crippen LogP contribution in [0.4, 0.5) is 4.39 Å². The third-order valence-electron chi connectivity index (χ3n) is 8.99. The lowest BCUT2D eigenvalue weighted by atomic mass is 9.80. The highest BCUT2D eigenvalue weighted by Gasteiger charge is 2.39. The van der Waals surface area contributed by atoms with E-state index in [1.54, 1.807) is 0 Å². The van der Waals surface area contributed by atoms with Gasteiger partial charge >= 0.3 is 5.97 Å². The van der Waals surface area contributed by atoms with E-state index < -0.39 is 5.60 Å². The van der Waals surface area contributed by atoms with Crippen molar-refractivity contribution in [2.75, 3.05) is 52.5 Å². The predicted octanol–water partition coefficient (Wildman–Crippen LogP) is 7.08. The lowest BCUT2D eigenvalue weighted by Crippen LogP contribution is -2.42. The minimum Gasteiger partial charge on any atom is -0.483 e. The molecule has 1 fully saturated rings. The van der Waals surface area contributed by atoms with Gasteiger partial charge in [-0.15, -0.1) is 31.2 Å². The highest BCUT2D eigenvalue weighted by atomic mass is 35.5. The van der Waals surface area contributed by atoms with E-state index in [1.165, 1.54) is 23.3 Å². The standard InChI is InChI=1S/C36H45FN2O4.2ClH/c1-5-16-39-18-15-31-30(25-39)35-32(42-34(40)10-7-17-38-19-21-41-22-20-38)23-28(24-33(35)43-36(31,3)4)26(2)8-6-9-27-11-13-29(37)14-12-27;;/h1,11-14,23-24,26H,6-10,15-22,25H2,2-4H3;2*1H. The molecule has 0 radical (unpaired) electrons. The number of terminal acetylenes is 1. The van der Waals surface area contributed by atoms with E-state index >= 15 is 0 Å². The fourth-order valence-corrected chi connectivity index (χ4v) is 6.54. The number of hydrogen-bond donors (Lipinski definition) is 0. The van der Waals surface area contributed by atoms with Crippen molar-refractivity contribution in [2.24, 2.45) is 0 Å². The van der Waals surface area contributed by atoms with Crippen molar-refractivity contribution in [1.82, 2.24) is 9.80 Å². The van der Waals surface area contributed by atoms with Crippen LogP contribution in [0.1, 0.15) is 75.5 Å². The molecule has 6 nitrogen and oxygen atoms in total. The van der Waals surface area contributed by atoms with Gasteiger partial charge in [-0.1, -0.05) is 25.0 Å². The van der Waals surface area contributed by atoms with Crippen LogP contribution in [0, 0.1) is 18.2 Å². The Morgan fingerprint density at radius 2 is 1.82 bits per heavy atom. The second kappa shape index (κ2) is 16.8. The maximum Gasteiger partial charge on any atom is 0.311 e. The van der Waals surface area contributed by atoms with Gasteiger partial charge in [-0.3, -0.25) is 14.6 Å². The van der Waals surface area contributed by atoms with Gasteiger partial charge in [0.05, 0.1) is 25.3 Å². The van der Waals surface area contributed by atoms with E-state index in [-0.39, 0.29) is 42.5 Å². The summed E-state index contributed by atoms with van der Waals surface area (Å²) in [5.41, 5.74) is 5.06. The number of rotatable bonds is 11. The SMILES string of the molecule is C#CCN1CCC2=C(C1)c1c(OC(=O)CCCN3CCOCC3)cc(C(C)CCCc3ccc(F)cc3)cc1OC2(C)C.Cl.Cl. The van der Waals surface area contributed by atoms with Crippen molar-refractivity contribution in [1.29, 1.82) is 0 Å². The van der Waals surface area contributed by atoms with E-state index in [4.69, 9.17) is 20.6 Å². The molecule has 45 heavy (non-hydrogen) atoms. The van der Waals surface area contributed by atoms with Crippen LogP contribution >= 0.6 is 24.8 Å². The van der Waals surface area contributed by atoms with Gasteiger partial charge < -0.3 is 14.2 Å². The molecular weight excluding hydrogens is 614 g/mol. The van der Waals surface area contributed by atoms with Crippen LogP contribution in [0.5, 0.6) is 11.5 Å². The Hall–Kier alpha value is -2.60. The fourth-order valence-electron chi connectivity index (χ4n) is 6.54. The van der Waals surface area contributed by atoms with E-state index in [2.05, 4.69) is 42.6 Å². The molecule has 0 N–H and O–H groups in total. The Labute approximate surface area is 280 Å². The van der Waals surface area contributed by atoms with Crippen molar-refractivity contribution in [3.05, 3.63) is 64.5 Å². The molecule has 0 aliphatic carbocycles. The lowest BCUT2D eigenvalue weighted by Gasteiger charge is -2.42. The van der Waals surface area contributed by atoms with Gasteiger partial charge in [0.25, 0.3) is 0 Å². The number of carbonyl (C=O) groups is 1. The summed E-state index contributed by atoms with van der Waals surface area (Å²) in [7, 11) is 0. The molecule has 3 aliphatic rings. The molecule has 1 saturated heterocycles. The van der Waals surface area contributed by atoms with Gasteiger partial charge in [0, 0.05) is 32.6 Å². The zero-order chi connectivity index (χ0) is 30.4. The monoisotopic (exact) mass is 660 g/mol. The van der Waals surface area contributed by atoms with Gasteiger partial charge in [0.2, 0.25) is 0 Å². The summed E-state index contributed by atoms with van der Waals surface area (Å²) in [6.45, 7) is 12.8. The number of hydrogen-bond acceptors (Lipinski definition) is 6. The maximum atomic E-state index is 13.3. The summed E-state index contributed by atoms with van der Waals surface area (Å²) in [6, 6.07) is 10.9. The number of aryl methyl sites for hydroxylation is 1. The summed E-state index contributed by atoms with van der Waals surface area (Å²) in [4.78, 5) is 17.8. The van der Waals surface area contributed by atoms with E-state index in [0.29, 0.717) is 25.3 Å². The van der Waals surface area contributed by atoms with Crippen molar-refractivity contribution in [3.8, 4) is 23.8 Å². The molecule has 0 aromatic heterocycles. The van der Waals surface area contributed by atoms with Crippen LogP contribution in [0.15, 0.2) is 42.0 Å². The molecule has 2 aromatic carbocycles. The molecule has 1 unspecified atom stereocenters. The number of halogens is 3. The number of benzene rings is 2. The third-order valence-corrected chi connectivity index (χ3v) is 8.99. The first-order valence-corrected chi connectivity index (χ1v) is 15.7. The normalized spacial score (nSPS) is 18.3. The summed E-state index contributed by atoms with van der Waals surface area (Å²) in [5, 5.41) is 0. The largest absolute Gasteiger partial charge is 0.483 e. The number of esters is 1. The van der Waals surface area contributed by atoms with E-state index in [1.807, 2.05) is 18.2 Å². The molecule has 0 spiro atoms. The van der Waals surface area contributed by atoms with Gasteiger partial charge in [-0.05, 0) is 105 Å². The average Bonchev–Trinajstić information content (AvgIpc) is 2.98. The number of morpholine rings is 1. The van der Waals surface area contributed by atoms with Crippen LogP contribution in [-0.2, 0) is 16.0 Å². The Balaban J connectivity index is 0.00000276. The first-order valence-electron chi connectivity index (χ1n) is 15.7. The van der Waals surface area contributed by atoms with Crippen molar-refractivity contribution < 1.29 is 23.4 Å². The predicted molar refractivity (Wildman–Crippen MR) is 182 cm³/mol. The van der Waals surface area contributed by atoms with Crippen molar-refractivity contribution in [2.45, 2.75) is 70.8 Å². The second-order valence-electron chi connectivity index (χ2n) is 12.6. The van der Waals surface area contributed by atoms with Crippen molar-refractivity contribution in [3.63, 3.8) is 0 Å². The molecule has 0 saturated carbocycles. The van der Waals surface area contributed by atoms with Gasteiger partial charge in [-0.2, -0.15) is 0 Å². The van der Waals surface area contributed by atoms with Gasteiger partial charge in [0.1, 0.15) is 22.9 Å². The summed E-state index contributed by atoms with van der Waals surface area (Å²) < 4.78 is 31.7. The lowest BCUT2D eigenvalue weighted by molar-refractivity contribution is -0.134. The van der Waals surface area contributed by atoms with Crippen LogP contribution in [0.25, 0.3) is 5.57 Å². The molecule has 0 bridgehead atoms. The number of carbonyl (C=O) groups excluding carboxylic acids is 1. The maximum absolute atomic E-state index is 13.3. The Morgan fingerprint density at radius 1 is 1.09 bits per heavy atom. The minimum absolute atomic E-state index is 0. The summed E-state index contributed by atoms with van der Waals surface area (Å²) in [6.07, 6.45) is 10.4. The van der Waals surface area contributed by atoms with Crippen LogP contribution in [0.3, 0.4) is 0 Å². The Morgan fingerprint density at radius 3 is 2.53 bits per heavy atom. The highest BCUT2D eigenvalue weighted by molar-refractivity contribution is 5.86. The van der Waals surface area contributed by atoms with Gasteiger partial charge in [-0.25, -0.2) is 4.39 Å². The molecule has 5 rings (SSSR count). The Kier molecular flexibility index (Phi) is 13.8. The zero-order valence-electron chi connectivity index (χ0n) is 26.7. The topological polar surface area (TPSA) is 51.2 Å². The first kappa shape index (κ1) is 36.9. The fraction of sp³-hybridized carbons (Fsp3) is 0.528. The van der Waals surface area contributed by atoms with Crippen LogP contribution < -0.4 is 9.47 Å². The zero-order valence-corrected chi connectivity index (χ0v) is 28.4. The van der Waals surface area contributed by atoms with E-state index in [9.17, 15) is 9.18 Å². The third kappa shape index (κ3) is 9.47. The molecular formula is C36H47Cl2FN2O4. The molecule has 246 valence electrons. The number of nitrogens with zero attached hydrogens (tertiary/aromatic N) is 2. The number of fused-ring (bicyclic) bond motifs is 2. The summed E-state index contributed by atoms with van der Waals surface area (Å²) >= 11 is 0. The van der Waals surface area contributed by atoms with Crippen LogP contribution in [0.2, 0.25) is 0 Å². The van der Waals surface area contributed by atoms with E-state index in [0.717, 1.165) is 93.9 Å². The van der Waals surface area contributed by atoms with Gasteiger partial charge in [0.15, 0.2) is 0 Å². The quantitative estimate of drug-likeness (QED) is 0.146. The smallest absolute Gasteiger partial charge is 0.311 e. The minimum atomic E-state index is -0.464. The molecule has 9 heteroatoms. The average molecular weight is 662 g/mol. The molecule has 2 aromatic rings.